The van der Waals surface area contributed by atoms with E-state index in [1.54, 1.807) is 0 Å². The van der Waals surface area contributed by atoms with Crippen LogP contribution in [-0.2, 0) is 17.0 Å². The predicted octanol–water partition coefficient (Wildman–Crippen LogP) is 3.53. The topological polar surface area (TPSA) is 33.7 Å². The number of hydrazine groups is 1. The predicted molar refractivity (Wildman–Crippen MR) is 101 cm³/mol. The maximum atomic E-state index is 16.0. The third-order valence-electron chi connectivity index (χ3n) is 4.79. The van der Waals surface area contributed by atoms with E-state index in [1.807, 2.05) is 73.7 Å². The molecule has 0 aromatic heterocycles. The lowest BCUT2D eigenvalue weighted by Crippen LogP contribution is -2.47. The van der Waals surface area contributed by atoms with Gasteiger partial charge in [0.15, 0.2) is 0 Å². The smallest absolute Gasteiger partial charge is 0.144 e. The molecule has 2 atom stereocenters. The van der Waals surface area contributed by atoms with Gasteiger partial charge in [0, 0.05) is 39.6 Å². The number of hydrogen-bond acceptors (Lipinski definition) is 4. The van der Waals surface area contributed by atoms with Crippen molar-refractivity contribution in [3.05, 3.63) is 65.7 Å². The minimum Gasteiger partial charge on any atom is -0.489 e. The zero-order valence-corrected chi connectivity index (χ0v) is 15.5. The lowest BCUT2D eigenvalue weighted by Gasteiger charge is -2.38. The van der Waals surface area contributed by atoms with Crippen LogP contribution in [0, 0.1) is 5.92 Å². The first-order chi connectivity index (χ1) is 12.6. The molecule has 1 heterocycles. The number of nitrogens with zero attached hydrogens (tertiary/aromatic N) is 1. The molecule has 1 N–H and O–H groups in total. The van der Waals surface area contributed by atoms with Gasteiger partial charge in [0.1, 0.15) is 18.0 Å². The summed E-state index contributed by atoms with van der Waals surface area (Å²) in [6, 6.07) is 17.4. The van der Waals surface area contributed by atoms with Crippen LogP contribution in [0.5, 0.6) is 5.75 Å². The average molecular weight is 358 g/mol. The van der Waals surface area contributed by atoms with Gasteiger partial charge in [-0.15, -0.1) is 0 Å². The highest BCUT2D eigenvalue weighted by molar-refractivity contribution is 5.34. The van der Waals surface area contributed by atoms with Crippen LogP contribution in [0.25, 0.3) is 0 Å². The molecule has 26 heavy (non-hydrogen) atoms. The van der Waals surface area contributed by atoms with Crippen LogP contribution in [0.15, 0.2) is 54.6 Å². The van der Waals surface area contributed by atoms with E-state index in [1.165, 1.54) is 0 Å². The van der Waals surface area contributed by atoms with Gasteiger partial charge in [-0.05, 0) is 23.3 Å². The molecule has 2 unspecified atom stereocenters. The van der Waals surface area contributed by atoms with Crippen molar-refractivity contribution in [1.82, 2.24) is 10.4 Å². The van der Waals surface area contributed by atoms with Crippen molar-refractivity contribution in [2.45, 2.75) is 18.7 Å². The summed E-state index contributed by atoms with van der Waals surface area (Å²) in [6.07, 6.45) is 0.356. The molecule has 0 amide bonds. The van der Waals surface area contributed by atoms with E-state index in [9.17, 15) is 0 Å². The first kappa shape index (κ1) is 18.8. The Morgan fingerprint density at radius 2 is 2.00 bits per heavy atom. The van der Waals surface area contributed by atoms with Crippen molar-refractivity contribution < 1.29 is 13.9 Å². The Hall–Kier alpha value is -1.95. The standard InChI is InChI=1S/C21H27FN2O2/c1-24(2)23-14-19-16-25-12-11-21(19,22)18-9-6-10-20(13-18)26-15-17-7-4-3-5-8-17/h3-10,13,19,23H,11-12,14-16H2,1-2H3. The summed E-state index contributed by atoms with van der Waals surface area (Å²) in [6.45, 7) is 1.84. The zero-order valence-electron chi connectivity index (χ0n) is 15.5. The van der Waals surface area contributed by atoms with Crippen LogP contribution in [0.3, 0.4) is 0 Å². The molecule has 140 valence electrons. The fourth-order valence-electron chi connectivity index (χ4n) is 3.26. The van der Waals surface area contributed by atoms with Gasteiger partial charge in [0.2, 0.25) is 0 Å². The molecule has 1 fully saturated rings. The zero-order chi connectivity index (χ0) is 18.4. The second-order valence-electron chi connectivity index (χ2n) is 6.94. The molecule has 0 bridgehead atoms. The molecule has 5 heteroatoms. The van der Waals surface area contributed by atoms with E-state index in [4.69, 9.17) is 9.47 Å². The molecule has 0 aliphatic carbocycles. The van der Waals surface area contributed by atoms with Gasteiger partial charge in [-0.25, -0.2) is 4.39 Å². The van der Waals surface area contributed by atoms with E-state index in [2.05, 4.69) is 5.43 Å². The van der Waals surface area contributed by atoms with Crippen LogP contribution in [0.2, 0.25) is 0 Å². The molecule has 0 radical (unpaired) electrons. The summed E-state index contributed by atoms with van der Waals surface area (Å²) in [5.74, 6) is 0.442. The van der Waals surface area contributed by atoms with E-state index in [0.717, 1.165) is 5.56 Å². The third-order valence-corrected chi connectivity index (χ3v) is 4.79. The van der Waals surface area contributed by atoms with Crippen LogP contribution in [0.1, 0.15) is 17.5 Å². The Balaban J connectivity index is 1.74. The molecule has 2 aromatic rings. The molecule has 1 saturated heterocycles. The van der Waals surface area contributed by atoms with Gasteiger partial charge in [-0.2, -0.15) is 0 Å². The fourth-order valence-corrected chi connectivity index (χ4v) is 3.26. The van der Waals surface area contributed by atoms with Crippen molar-refractivity contribution in [3.8, 4) is 5.75 Å². The molecule has 2 aromatic carbocycles. The largest absolute Gasteiger partial charge is 0.489 e. The summed E-state index contributed by atoms with van der Waals surface area (Å²) < 4.78 is 27.4. The highest BCUT2D eigenvalue weighted by Crippen LogP contribution is 2.41. The number of ether oxygens (including phenoxy) is 2. The maximum Gasteiger partial charge on any atom is 0.144 e. The Labute approximate surface area is 154 Å². The van der Waals surface area contributed by atoms with Gasteiger partial charge in [0.25, 0.3) is 0 Å². The van der Waals surface area contributed by atoms with Crippen molar-refractivity contribution in [1.29, 1.82) is 0 Å². The first-order valence-corrected chi connectivity index (χ1v) is 9.03. The summed E-state index contributed by atoms with van der Waals surface area (Å²) >= 11 is 0. The van der Waals surface area contributed by atoms with Crippen LogP contribution < -0.4 is 10.2 Å². The summed E-state index contributed by atoms with van der Waals surface area (Å²) in [7, 11) is 3.81. The summed E-state index contributed by atoms with van der Waals surface area (Å²) in [4.78, 5) is 0. The lowest BCUT2D eigenvalue weighted by molar-refractivity contribution is -0.0694. The van der Waals surface area contributed by atoms with Gasteiger partial charge < -0.3 is 9.47 Å². The normalized spacial score (nSPS) is 23.2. The molecular weight excluding hydrogens is 331 g/mol. The fraction of sp³-hybridized carbons (Fsp3) is 0.429. The SMILES string of the molecule is CN(C)NCC1COCCC1(F)c1cccc(OCc2ccccc2)c1. The molecule has 0 saturated carbocycles. The first-order valence-electron chi connectivity index (χ1n) is 9.03. The average Bonchev–Trinajstić information content (AvgIpc) is 2.67. The third kappa shape index (κ3) is 4.61. The summed E-state index contributed by atoms with van der Waals surface area (Å²) in [5.41, 5.74) is 3.51. The number of rotatable bonds is 7. The van der Waals surface area contributed by atoms with E-state index < -0.39 is 5.67 Å². The van der Waals surface area contributed by atoms with E-state index in [-0.39, 0.29) is 5.92 Å². The maximum absolute atomic E-state index is 16.0. The van der Waals surface area contributed by atoms with Crippen LogP contribution >= 0.6 is 0 Å². The number of hydrogen-bond donors (Lipinski definition) is 1. The van der Waals surface area contributed by atoms with Gasteiger partial charge >= 0.3 is 0 Å². The van der Waals surface area contributed by atoms with Crippen LogP contribution in [-0.4, -0.2) is 38.9 Å². The monoisotopic (exact) mass is 358 g/mol. The van der Waals surface area contributed by atoms with Crippen molar-refractivity contribution in [2.75, 3.05) is 33.9 Å². The quantitative estimate of drug-likeness (QED) is 0.768. The Morgan fingerprint density at radius 3 is 2.77 bits per heavy atom. The number of benzene rings is 2. The van der Waals surface area contributed by atoms with Gasteiger partial charge in [-0.1, -0.05) is 42.5 Å². The van der Waals surface area contributed by atoms with Gasteiger partial charge in [0.05, 0.1) is 6.61 Å². The van der Waals surface area contributed by atoms with Crippen molar-refractivity contribution in [2.24, 2.45) is 5.92 Å². The molecule has 0 spiro atoms. The van der Waals surface area contributed by atoms with Crippen molar-refractivity contribution >= 4 is 0 Å². The molecule has 4 nitrogen and oxygen atoms in total. The van der Waals surface area contributed by atoms with Gasteiger partial charge in [-0.3, -0.25) is 10.4 Å². The van der Waals surface area contributed by atoms with E-state index in [0.29, 0.717) is 44.1 Å². The Bertz CT molecular complexity index is 695. The van der Waals surface area contributed by atoms with Crippen molar-refractivity contribution in [3.63, 3.8) is 0 Å². The highest BCUT2D eigenvalue weighted by atomic mass is 19.1. The number of alkyl halides is 1. The van der Waals surface area contributed by atoms with Crippen LogP contribution in [0.4, 0.5) is 4.39 Å². The highest BCUT2D eigenvalue weighted by Gasteiger charge is 2.43. The Kier molecular flexibility index (Phi) is 6.25. The molecule has 3 rings (SSSR count). The summed E-state index contributed by atoms with van der Waals surface area (Å²) in [5, 5.41) is 1.84. The second kappa shape index (κ2) is 8.62. The van der Waals surface area contributed by atoms with E-state index >= 15 is 4.39 Å². The molecule has 1 aliphatic rings. The number of nitrogens with one attached hydrogen (secondary N) is 1. The molecular formula is C21H27FN2O2. The second-order valence-corrected chi connectivity index (χ2v) is 6.94. The minimum absolute atomic E-state index is 0.247. The number of halogens is 1. The molecule has 1 aliphatic heterocycles. The minimum atomic E-state index is -1.42. The lowest BCUT2D eigenvalue weighted by atomic mass is 9.79. The Morgan fingerprint density at radius 1 is 1.19 bits per heavy atom.